The van der Waals surface area contributed by atoms with Crippen molar-refractivity contribution in [2.75, 3.05) is 64.4 Å². The quantitative estimate of drug-likeness (QED) is 0.504. The summed E-state index contributed by atoms with van der Waals surface area (Å²) in [5.74, 6) is 2.28. The highest BCUT2D eigenvalue weighted by molar-refractivity contribution is 7.91. The van der Waals surface area contributed by atoms with Gasteiger partial charge in [0.15, 0.2) is 15.8 Å². The number of aliphatic imine (C=N–C) groups is 1. The lowest BCUT2D eigenvalue weighted by molar-refractivity contribution is 0.146. The molecule has 8 nitrogen and oxygen atoms in total. The number of piperidine rings is 1. The van der Waals surface area contributed by atoms with Crippen LogP contribution < -0.4 is 10.6 Å². The van der Waals surface area contributed by atoms with E-state index >= 15 is 0 Å². The number of nitrogens with zero attached hydrogens (tertiary/aromatic N) is 3. The zero-order valence-corrected chi connectivity index (χ0v) is 17.6. The first-order valence-corrected chi connectivity index (χ1v) is 12.0. The molecule has 2 aliphatic rings. The Kier molecular flexibility index (Phi) is 7.75. The van der Waals surface area contributed by atoms with Crippen molar-refractivity contribution in [1.29, 1.82) is 0 Å². The van der Waals surface area contributed by atoms with Crippen LogP contribution in [0, 0.1) is 0 Å². The summed E-state index contributed by atoms with van der Waals surface area (Å²) in [7, 11) is -1.05. The van der Waals surface area contributed by atoms with E-state index in [9.17, 15) is 8.42 Å². The Balaban J connectivity index is 1.45. The van der Waals surface area contributed by atoms with Gasteiger partial charge in [0.25, 0.3) is 0 Å². The predicted molar refractivity (Wildman–Crippen MR) is 111 cm³/mol. The second kappa shape index (κ2) is 10.3. The van der Waals surface area contributed by atoms with E-state index in [0.29, 0.717) is 13.1 Å². The maximum atomic E-state index is 11.5. The van der Waals surface area contributed by atoms with Gasteiger partial charge >= 0.3 is 0 Å². The molecule has 1 atom stereocenters. The molecule has 2 fully saturated rings. The van der Waals surface area contributed by atoms with Gasteiger partial charge < -0.3 is 15.1 Å². The molecule has 2 saturated heterocycles. The number of sulfone groups is 1. The van der Waals surface area contributed by atoms with Crippen LogP contribution >= 0.6 is 0 Å². The molecule has 0 spiro atoms. The van der Waals surface area contributed by atoms with Crippen molar-refractivity contribution >= 4 is 15.8 Å². The molecule has 0 aromatic carbocycles. The molecule has 0 amide bonds. The number of rotatable bonds is 7. The number of hydrogen-bond donors (Lipinski definition) is 2. The molecular formula is C19H33N5O3S. The van der Waals surface area contributed by atoms with Crippen LogP contribution in [-0.4, -0.2) is 88.5 Å². The van der Waals surface area contributed by atoms with E-state index in [1.807, 2.05) is 12.1 Å². The molecule has 1 unspecified atom stereocenters. The zero-order chi connectivity index (χ0) is 19.8. The van der Waals surface area contributed by atoms with E-state index in [1.54, 1.807) is 13.3 Å². The fraction of sp³-hybridized carbons (Fsp3) is 0.737. The van der Waals surface area contributed by atoms with E-state index in [0.717, 1.165) is 44.4 Å². The van der Waals surface area contributed by atoms with Gasteiger partial charge in [-0.15, -0.1) is 0 Å². The second-order valence-electron chi connectivity index (χ2n) is 7.50. The molecule has 9 heteroatoms. The number of guanidine groups is 1. The van der Waals surface area contributed by atoms with Gasteiger partial charge in [-0.25, -0.2) is 8.42 Å². The monoisotopic (exact) mass is 411 g/mol. The van der Waals surface area contributed by atoms with E-state index in [4.69, 9.17) is 4.42 Å². The van der Waals surface area contributed by atoms with Crippen LogP contribution in [0.25, 0.3) is 0 Å². The summed E-state index contributed by atoms with van der Waals surface area (Å²) in [6, 6.07) is 4.18. The lowest BCUT2D eigenvalue weighted by Crippen LogP contribution is -2.47. The van der Waals surface area contributed by atoms with Gasteiger partial charge in [0.05, 0.1) is 23.8 Å². The van der Waals surface area contributed by atoms with E-state index < -0.39 is 9.84 Å². The molecule has 2 aliphatic heterocycles. The minimum Gasteiger partial charge on any atom is -0.468 e. The summed E-state index contributed by atoms with van der Waals surface area (Å²) in [4.78, 5) is 8.99. The standard InChI is InChI=1S/C19H33N5O3S/c1-20-19(21-7-10-23-11-14-28(25,26)15-12-23)22-16-17(18-6-5-13-27-18)24-8-3-2-4-9-24/h5-6,13,17H,2-4,7-12,14-16H2,1H3,(H2,20,21,22). The van der Waals surface area contributed by atoms with Crippen molar-refractivity contribution in [1.82, 2.24) is 20.4 Å². The van der Waals surface area contributed by atoms with Crippen molar-refractivity contribution in [2.24, 2.45) is 4.99 Å². The third kappa shape index (κ3) is 6.22. The normalized spacial score (nSPS) is 22.7. The first-order valence-electron chi connectivity index (χ1n) is 10.2. The van der Waals surface area contributed by atoms with Gasteiger partial charge in [-0.05, 0) is 38.1 Å². The van der Waals surface area contributed by atoms with E-state index in [1.165, 1.54) is 19.3 Å². The highest BCUT2D eigenvalue weighted by atomic mass is 32.2. The largest absolute Gasteiger partial charge is 0.468 e. The molecule has 3 heterocycles. The Morgan fingerprint density at radius 2 is 1.93 bits per heavy atom. The lowest BCUT2D eigenvalue weighted by atomic mass is 10.1. The summed E-state index contributed by atoms with van der Waals surface area (Å²) in [5, 5.41) is 6.77. The van der Waals surface area contributed by atoms with Gasteiger partial charge in [0.1, 0.15) is 5.76 Å². The Morgan fingerprint density at radius 3 is 2.57 bits per heavy atom. The van der Waals surface area contributed by atoms with E-state index in [2.05, 4.69) is 25.4 Å². The second-order valence-corrected chi connectivity index (χ2v) is 9.80. The SMILES string of the molecule is CN=C(NCCN1CCS(=O)(=O)CC1)NCC(c1ccco1)N1CCCCC1. The van der Waals surface area contributed by atoms with Crippen LogP contribution in [0.5, 0.6) is 0 Å². The van der Waals surface area contributed by atoms with Gasteiger partial charge in [-0.3, -0.25) is 14.8 Å². The Labute approximate surface area is 168 Å². The van der Waals surface area contributed by atoms with Crippen molar-refractivity contribution in [3.8, 4) is 0 Å². The smallest absolute Gasteiger partial charge is 0.191 e. The number of furan rings is 1. The van der Waals surface area contributed by atoms with E-state index in [-0.39, 0.29) is 17.5 Å². The third-order valence-corrected chi connectivity index (χ3v) is 7.16. The molecule has 2 N–H and O–H groups in total. The molecule has 0 aliphatic carbocycles. The maximum Gasteiger partial charge on any atom is 0.191 e. The van der Waals surface area contributed by atoms with Crippen LogP contribution in [0.2, 0.25) is 0 Å². The fourth-order valence-corrected chi connectivity index (χ4v) is 5.12. The molecule has 0 saturated carbocycles. The number of nitrogens with one attached hydrogen (secondary N) is 2. The highest BCUT2D eigenvalue weighted by Crippen LogP contribution is 2.24. The molecule has 158 valence electrons. The average molecular weight is 412 g/mol. The van der Waals surface area contributed by atoms with Gasteiger partial charge in [0.2, 0.25) is 0 Å². The molecule has 0 bridgehead atoms. The summed E-state index contributed by atoms with van der Waals surface area (Å²) in [5.41, 5.74) is 0. The zero-order valence-electron chi connectivity index (χ0n) is 16.8. The van der Waals surface area contributed by atoms with Gasteiger partial charge in [-0.2, -0.15) is 0 Å². The minimum absolute atomic E-state index is 0.196. The Hall–Kier alpha value is -1.58. The molecule has 1 aromatic rings. The summed E-state index contributed by atoms with van der Waals surface area (Å²) in [6.45, 7) is 5.69. The van der Waals surface area contributed by atoms with Crippen LogP contribution in [-0.2, 0) is 9.84 Å². The topological polar surface area (TPSA) is 90.2 Å². The summed E-state index contributed by atoms with van der Waals surface area (Å²) < 4.78 is 28.7. The minimum atomic E-state index is -2.82. The van der Waals surface area contributed by atoms with Crippen LogP contribution in [0.4, 0.5) is 0 Å². The van der Waals surface area contributed by atoms with Crippen LogP contribution in [0.15, 0.2) is 27.8 Å². The third-order valence-electron chi connectivity index (χ3n) is 5.55. The number of likely N-dealkylation sites (tertiary alicyclic amines) is 1. The summed E-state index contributed by atoms with van der Waals surface area (Å²) in [6.07, 6.45) is 5.50. The first-order chi connectivity index (χ1) is 13.6. The molecule has 0 radical (unpaired) electrons. The lowest BCUT2D eigenvalue weighted by Gasteiger charge is -2.33. The van der Waals surface area contributed by atoms with Crippen LogP contribution in [0.3, 0.4) is 0 Å². The maximum absolute atomic E-state index is 11.5. The fourth-order valence-electron chi connectivity index (χ4n) is 3.84. The van der Waals surface area contributed by atoms with Crippen molar-refractivity contribution < 1.29 is 12.8 Å². The highest BCUT2D eigenvalue weighted by Gasteiger charge is 2.25. The summed E-state index contributed by atoms with van der Waals surface area (Å²) >= 11 is 0. The van der Waals surface area contributed by atoms with Gasteiger partial charge in [-0.1, -0.05) is 6.42 Å². The Morgan fingerprint density at radius 1 is 1.18 bits per heavy atom. The van der Waals surface area contributed by atoms with Crippen LogP contribution in [0.1, 0.15) is 31.1 Å². The molecule has 28 heavy (non-hydrogen) atoms. The molecule has 3 rings (SSSR count). The molecule has 1 aromatic heterocycles. The van der Waals surface area contributed by atoms with Gasteiger partial charge in [0, 0.05) is 39.8 Å². The average Bonchev–Trinajstić information content (AvgIpc) is 3.23. The van der Waals surface area contributed by atoms with Crippen molar-refractivity contribution in [3.63, 3.8) is 0 Å². The predicted octanol–water partition coefficient (Wildman–Crippen LogP) is 0.702. The Bertz CT molecular complexity index is 700. The van der Waals surface area contributed by atoms with Crippen molar-refractivity contribution in [2.45, 2.75) is 25.3 Å². The first kappa shape index (κ1) is 21.1. The number of hydrogen-bond acceptors (Lipinski definition) is 6. The molecular weight excluding hydrogens is 378 g/mol. The van der Waals surface area contributed by atoms with Crippen molar-refractivity contribution in [3.05, 3.63) is 24.2 Å².